The zero-order valence-corrected chi connectivity index (χ0v) is 11.8. The van der Waals surface area contributed by atoms with Crippen LogP contribution in [-0.2, 0) is 4.79 Å². The van der Waals surface area contributed by atoms with E-state index in [2.05, 4.69) is 16.7 Å². The predicted molar refractivity (Wildman–Crippen MR) is 77.9 cm³/mol. The van der Waals surface area contributed by atoms with Gasteiger partial charge < -0.3 is 10.6 Å². The first-order chi connectivity index (χ1) is 8.93. The Balaban J connectivity index is 2.42. The lowest BCUT2D eigenvalue weighted by molar-refractivity contribution is -0.114. The van der Waals surface area contributed by atoms with Gasteiger partial charge in [0.2, 0.25) is 5.91 Å². The summed E-state index contributed by atoms with van der Waals surface area (Å²) in [5.74, 6) is -0.0760. The fraction of sp³-hybridized carbons (Fsp3) is 0.467. The number of carbonyl (C=O) groups is 1. The highest BCUT2D eigenvalue weighted by Crippen LogP contribution is 2.21. The number of anilines is 2. The van der Waals surface area contributed by atoms with Crippen molar-refractivity contribution in [3.63, 3.8) is 0 Å². The molecular formula is C15H21N3O. The van der Waals surface area contributed by atoms with Crippen LogP contribution in [0.5, 0.6) is 0 Å². The Bertz CT molecular complexity index is 475. The Hall–Kier alpha value is -2.02. The first-order valence-electron chi connectivity index (χ1n) is 6.46. The van der Waals surface area contributed by atoms with Gasteiger partial charge in [-0.1, -0.05) is 6.07 Å². The van der Waals surface area contributed by atoms with Gasteiger partial charge in [0.05, 0.1) is 11.5 Å². The first-order valence-corrected chi connectivity index (χ1v) is 6.46. The largest absolute Gasteiger partial charge is 0.385 e. The van der Waals surface area contributed by atoms with Crippen LogP contribution >= 0.6 is 0 Å². The number of nitriles is 1. The molecule has 0 radical (unpaired) electrons. The van der Waals surface area contributed by atoms with Crippen molar-refractivity contribution in [2.24, 2.45) is 5.41 Å². The van der Waals surface area contributed by atoms with Gasteiger partial charge in [0.25, 0.3) is 0 Å². The van der Waals surface area contributed by atoms with Crippen LogP contribution in [0.4, 0.5) is 11.4 Å². The van der Waals surface area contributed by atoms with E-state index in [1.54, 1.807) is 0 Å². The molecule has 1 aromatic rings. The van der Waals surface area contributed by atoms with E-state index >= 15 is 0 Å². The third-order valence-corrected chi connectivity index (χ3v) is 2.79. The normalized spacial score (nSPS) is 10.6. The molecule has 1 rings (SSSR count). The van der Waals surface area contributed by atoms with Crippen molar-refractivity contribution in [2.45, 2.75) is 33.6 Å². The minimum absolute atomic E-state index is 0.0760. The Labute approximate surface area is 114 Å². The predicted octanol–water partition coefficient (Wildman–Crippen LogP) is 3.39. The highest BCUT2D eigenvalue weighted by molar-refractivity contribution is 5.89. The van der Waals surface area contributed by atoms with Gasteiger partial charge in [0.15, 0.2) is 0 Å². The van der Waals surface area contributed by atoms with Crippen molar-refractivity contribution >= 4 is 17.3 Å². The van der Waals surface area contributed by atoms with Gasteiger partial charge in [0.1, 0.15) is 0 Å². The highest BCUT2D eigenvalue weighted by atomic mass is 16.1. The minimum atomic E-state index is -0.264. The van der Waals surface area contributed by atoms with E-state index in [4.69, 9.17) is 5.26 Å². The molecule has 0 saturated heterocycles. The van der Waals surface area contributed by atoms with Crippen LogP contribution in [0.25, 0.3) is 0 Å². The zero-order chi connectivity index (χ0) is 14.3. The molecule has 0 aliphatic rings. The smallest absolute Gasteiger partial charge is 0.221 e. The number of nitrogens with one attached hydrogen (secondary N) is 2. The molecule has 0 fully saturated rings. The standard InChI is InChI=1S/C15H21N3O/c1-12(19)18-14-7-4-6-13(10-14)17-9-5-8-15(2,3)11-16/h4,6-7,10,17H,5,8-9H2,1-3H3,(H,18,19). The van der Waals surface area contributed by atoms with Crippen molar-refractivity contribution in [3.8, 4) is 6.07 Å². The maximum absolute atomic E-state index is 11.0. The summed E-state index contributed by atoms with van der Waals surface area (Å²) in [6, 6.07) is 9.90. The Morgan fingerprint density at radius 1 is 1.37 bits per heavy atom. The fourth-order valence-corrected chi connectivity index (χ4v) is 1.73. The number of amides is 1. The van der Waals surface area contributed by atoms with Gasteiger partial charge in [-0.25, -0.2) is 0 Å². The van der Waals surface area contributed by atoms with Crippen molar-refractivity contribution in [1.82, 2.24) is 0 Å². The lowest BCUT2D eigenvalue weighted by Crippen LogP contribution is -2.11. The Morgan fingerprint density at radius 2 is 2.05 bits per heavy atom. The lowest BCUT2D eigenvalue weighted by atomic mass is 9.90. The van der Waals surface area contributed by atoms with Crippen LogP contribution in [-0.4, -0.2) is 12.5 Å². The molecule has 102 valence electrons. The maximum atomic E-state index is 11.0. The topological polar surface area (TPSA) is 64.9 Å². The molecule has 0 heterocycles. The van der Waals surface area contributed by atoms with Crippen molar-refractivity contribution < 1.29 is 4.79 Å². The molecule has 4 nitrogen and oxygen atoms in total. The van der Waals surface area contributed by atoms with Gasteiger partial charge in [-0.15, -0.1) is 0 Å². The Morgan fingerprint density at radius 3 is 2.68 bits per heavy atom. The molecule has 1 amide bonds. The van der Waals surface area contributed by atoms with E-state index in [-0.39, 0.29) is 11.3 Å². The van der Waals surface area contributed by atoms with E-state index in [0.717, 1.165) is 30.8 Å². The van der Waals surface area contributed by atoms with Crippen molar-refractivity contribution in [1.29, 1.82) is 5.26 Å². The molecule has 0 atom stereocenters. The average Bonchev–Trinajstić information content (AvgIpc) is 2.34. The van der Waals surface area contributed by atoms with Gasteiger partial charge in [-0.2, -0.15) is 5.26 Å². The lowest BCUT2D eigenvalue weighted by Gasteiger charge is -2.15. The summed E-state index contributed by atoms with van der Waals surface area (Å²) in [6.45, 7) is 6.20. The van der Waals surface area contributed by atoms with Crippen LogP contribution in [0.15, 0.2) is 24.3 Å². The highest BCUT2D eigenvalue weighted by Gasteiger charge is 2.15. The molecule has 0 unspecified atom stereocenters. The number of nitrogens with zero attached hydrogens (tertiary/aromatic N) is 1. The quantitative estimate of drug-likeness (QED) is 0.770. The van der Waals surface area contributed by atoms with Crippen molar-refractivity contribution in [2.75, 3.05) is 17.2 Å². The molecule has 0 spiro atoms. The van der Waals surface area contributed by atoms with Crippen molar-refractivity contribution in [3.05, 3.63) is 24.3 Å². The maximum Gasteiger partial charge on any atom is 0.221 e. The third-order valence-electron chi connectivity index (χ3n) is 2.79. The molecule has 19 heavy (non-hydrogen) atoms. The summed E-state index contributed by atoms with van der Waals surface area (Å²) in [6.07, 6.45) is 1.80. The fourth-order valence-electron chi connectivity index (χ4n) is 1.73. The van der Waals surface area contributed by atoms with Gasteiger partial charge in [-0.3, -0.25) is 4.79 Å². The molecule has 2 N–H and O–H groups in total. The minimum Gasteiger partial charge on any atom is -0.385 e. The van der Waals surface area contributed by atoms with Crippen LogP contribution in [0.2, 0.25) is 0 Å². The van der Waals surface area contributed by atoms with Gasteiger partial charge >= 0.3 is 0 Å². The molecular weight excluding hydrogens is 238 g/mol. The molecule has 1 aromatic carbocycles. The third kappa shape index (κ3) is 5.91. The molecule has 0 bridgehead atoms. The number of hydrogen-bond donors (Lipinski definition) is 2. The Kier molecular flexibility index (Phi) is 5.37. The van der Waals surface area contributed by atoms with Crippen LogP contribution in [0.1, 0.15) is 33.6 Å². The van der Waals surface area contributed by atoms with Gasteiger partial charge in [-0.05, 0) is 44.9 Å². The zero-order valence-electron chi connectivity index (χ0n) is 11.8. The summed E-state index contributed by atoms with van der Waals surface area (Å²) >= 11 is 0. The van der Waals surface area contributed by atoms with Crippen LogP contribution < -0.4 is 10.6 Å². The second-order valence-electron chi connectivity index (χ2n) is 5.29. The van der Waals surface area contributed by atoms with E-state index in [0.29, 0.717) is 0 Å². The summed E-state index contributed by atoms with van der Waals surface area (Å²) in [4.78, 5) is 11.0. The monoisotopic (exact) mass is 259 g/mol. The summed E-state index contributed by atoms with van der Waals surface area (Å²) in [5.41, 5.74) is 1.50. The second kappa shape index (κ2) is 6.79. The average molecular weight is 259 g/mol. The summed E-state index contributed by atoms with van der Waals surface area (Å²) in [7, 11) is 0. The molecule has 0 saturated carbocycles. The first kappa shape index (κ1) is 15.0. The van der Waals surface area contributed by atoms with Gasteiger partial charge in [0, 0.05) is 24.8 Å². The van der Waals surface area contributed by atoms with E-state index in [9.17, 15) is 4.79 Å². The molecule has 4 heteroatoms. The molecule has 0 aliphatic carbocycles. The number of carbonyl (C=O) groups excluding carboxylic acids is 1. The second-order valence-corrected chi connectivity index (χ2v) is 5.29. The van der Waals surface area contributed by atoms with E-state index in [1.807, 2.05) is 38.1 Å². The number of hydrogen-bond acceptors (Lipinski definition) is 3. The molecule has 0 aliphatic heterocycles. The van der Waals surface area contributed by atoms with E-state index in [1.165, 1.54) is 6.92 Å². The van der Waals surface area contributed by atoms with E-state index < -0.39 is 0 Å². The summed E-state index contributed by atoms with van der Waals surface area (Å²) < 4.78 is 0. The number of rotatable bonds is 6. The number of benzene rings is 1. The summed E-state index contributed by atoms with van der Waals surface area (Å²) in [5, 5.41) is 15.0. The molecule has 0 aromatic heterocycles. The van der Waals surface area contributed by atoms with Crippen LogP contribution in [0.3, 0.4) is 0 Å². The SMILES string of the molecule is CC(=O)Nc1cccc(NCCCC(C)(C)C#N)c1. The van der Waals surface area contributed by atoms with Crippen LogP contribution in [0, 0.1) is 16.7 Å².